The van der Waals surface area contributed by atoms with E-state index in [4.69, 9.17) is 5.11 Å². The number of aliphatic hydroxyl groups excluding tert-OH is 1. The average Bonchev–Trinajstić information content (AvgIpc) is 2.33. The Balaban J connectivity index is 2.37. The monoisotopic (exact) mass is 251 g/mol. The summed E-state index contributed by atoms with van der Waals surface area (Å²) in [7, 11) is 0. The maximum Gasteiger partial charge on any atom is 0.223 e. The van der Waals surface area contributed by atoms with Crippen molar-refractivity contribution in [2.24, 2.45) is 0 Å². The van der Waals surface area contributed by atoms with E-state index in [2.05, 4.69) is 29.1 Å². The number of hydrogen-bond donors (Lipinski definition) is 2. The number of hydrogen-bond acceptors (Lipinski definition) is 4. The SMILES string of the molecule is Cc1cc(C(C)C)nc(NCCCCCCO)n1. The third kappa shape index (κ3) is 5.45. The standard InChI is InChI=1S/C14H25N3O/c1-11(2)13-10-12(3)16-14(17-13)15-8-6-4-5-7-9-18/h10-11,18H,4-9H2,1-3H3,(H,15,16,17). The maximum absolute atomic E-state index is 8.68. The van der Waals surface area contributed by atoms with E-state index in [-0.39, 0.29) is 0 Å². The van der Waals surface area contributed by atoms with Crippen LogP contribution in [0.5, 0.6) is 0 Å². The molecule has 18 heavy (non-hydrogen) atoms. The van der Waals surface area contributed by atoms with Crippen LogP contribution in [0.3, 0.4) is 0 Å². The van der Waals surface area contributed by atoms with Crippen LogP contribution in [-0.2, 0) is 0 Å². The van der Waals surface area contributed by atoms with E-state index in [1.54, 1.807) is 0 Å². The molecule has 0 saturated carbocycles. The number of nitrogens with zero attached hydrogens (tertiary/aromatic N) is 2. The molecule has 0 amide bonds. The predicted molar refractivity (Wildman–Crippen MR) is 74.9 cm³/mol. The lowest BCUT2D eigenvalue weighted by atomic mass is 10.1. The van der Waals surface area contributed by atoms with Crippen molar-refractivity contribution in [3.8, 4) is 0 Å². The van der Waals surface area contributed by atoms with Gasteiger partial charge in [-0.05, 0) is 31.7 Å². The Kier molecular flexibility index (Phi) is 6.65. The number of unbranched alkanes of at least 4 members (excludes halogenated alkanes) is 3. The Labute approximate surface area is 110 Å². The Morgan fingerprint density at radius 3 is 2.56 bits per heavy atom. The van der Waals surface area contributed by atoms with Crippen LogP contribution in [0, 0.1) is 6.92 Å². The van der Waals surface area contributed by atoms with Crippen molar-refractivity contribution >= 4 is 5.95 Å². The molecule has 1 rings (SSSR count). The molecule has 0 bridgehead atoms. The minimum absolute atomic E-state index is 0.298. The molecule has 4 nitrogen and oxygen atoms in total. The first kappa shape index (κ1) is 14.9. The van der Waals surface area contributed by atoms with Crippen LogP contribution in [0.25, 0.3) is 0 Å². The van der Waals surface area contributed by atoms with Crippen LogP contribution < -0.4 is 5.32 Å². The van der Waals surface area contributed by atoms with Crippen LogP contribution in [0.4, 0.5) is 5.95 Å². The number of nitrogens with one attached hydrogen (secondary N) is 1. The zero-order valence-corrected chi connectivity index (χ0v) is 11.7. The fraction of sp³-hybridized carbons (Fsp3) is 0.714. The number of aromatic nitrogens is 2. The Hall–Kier alpha value is -1.16. The summed E-state index contributed by atoms with van der Waals surface area (Å²) in [6.45, 7) is 7.47. The summed E-state index contributed by atoms with van der Waals surface area (Å²) in [5.41, 5.74) is 2.10. The first-order valence-corrected chi connectivity index (χ1v) is 6.83. The lowest BCUT2D eigenvalue weighted by Crippen LogP contribution is -2.08. The van der Waals surface area contributed by atoms with E-state index in [9.17, 15) is 0 Å². The molecule has 0 aromatic carbocycles. The average molecular weight is 251 g/mol. The zero-order chi connectivity index (χ0) is 13.4. The van der Waals surface area contributed by atoms with Gasteiger partial charge in [0.2, 0.25) is 5.95 Å². The molecule has 102 valence electrons. The second kappa shape index (κ2) is 8.03. The van der Waals surface area contributed by atoms with Crippen LogP contribution >= 0.6 is 0 Å². The number of aliphatic hydroxyl groups is 1. The molecule has 0 atom stereocenters. The Bertz CT molecular complexity index is 353. The van der Waals surface area contributed by atoms with Gasteiger partial charge in [-0.1, -0.05) is 26.7 Å². The molecule has 0 aliphatic heterocycles. The Morgan fingerprint density at radius 1 is 1.17 bits per heavy atom. The van der Waals surface area contributed by atoms with Gasteiger partial charge in [0.25, 0.3) is 0 Å². The summed E-state index contributed by atoms with van der Waals surface area (Å²) < 4.78 is 0. The van der Waals surface area contributed by atoms with Gasteiger partial charge in [-0.2, -0.15) is 0 Å². The molecule has 1 heterocycles. The Morgan fingerprint density at radius 2 is 1.89 bits per heavy atom. The maximum atomic E-state index is 8.68. The summed E-state index contributed by atoms with van der Waals surface area (Å²) in [5.74, 6) is 1.16. The number of aryl methyl sites for hydroxylation is 1. The predicted octanol–water partition coefficient (Wildman–Crippen LogP) is 2.87. The van der Waals surface area contributed by atoms with Crippen molar-refractivity contribution in [1.82, 2.24) is 9.97 Å². The fourth-order valence-electron chi connectivity index (χ4n) is 1.76. The van der Waals surface area contributed by atoms with Gasteiger partial charge in [0, 0.05) is 24.5 Å². The van der Waals surface area contributed by atoms with Crippen molar-refractivity contribution < 1.29 is 5.11 Å². The summed E-state index contributed by atoms with van der Waals surface area (Å²) in [4.78, 5) is 8.89. The second-order valence-corrected chi connectivity index (χ2v) is 4.98. The molecule has 0 aliphatic carbocycles. The van der Waals surface area contributed by atoms with Crippen LogP contribution in [0.15, 0.2) is 6.07 Å². The molecule has 1 aromatic heterocycles. The third-order valence-electron chi connectivity index (χ3n) is 2.83. The number of anilines is 1. The summed E-state index contributed by atoms with van der Waals surface area (Å²) in [6, 6.07) is 2.04. The highest BCUT2D eigenvalue weighted by Crippen LogP contribution is 2.14. The van der Waals surface area contributed by atoms with E-state index >= 15 is 0 Å². The fourth-order valence-corrected chi connectivity index (χ4v) is 1.76. The van der Waals surface area contributed by atoms with Crippen LogP contribution in [0.2, 0.25) is 0 Å². The highest BCUT2D eigenvalue weighted by atomic mass is 16.2. The normalized spacial score (nSPS) is 10.9. The molecule has 4 heteroatoms. The van der Waals surface area contributed by atoms with Gasteiger partial charge in [0.1, 0.15) is 0 Å². The van der Waals surface area contributed by atoms with E-state index < -0.39 is 0 Å². The second-order valence-electron chi connectivity index (χ2n) is 4.98. The highest BCUT2D eigenvalue weighted by Gasteiger charge is 2.05. The van der Waals surface area contributed by atoms with Gasteiger partial charge in [0.05, 0.1) is 0 Å². The first-order valence-electron chi connectivity index (χ1n) is 6.83. The largest absolute Gasteiger partial charge is 0.396 e. The minimum Gasteiger partial charge on any atom is -0.396 e. The van der Waals surface area contributed by atoms with Gasteiger partial charge >= 0.3 is 0 Å². The molecular weight excluding hydrogens is 226 g/mol. The van der Waals surface area contributed by atoms with E-state index in [0.717, 1.165) is 49.6 Å². The topological polar surface area (TPSA) is 58.0 Å². The summed E-state index contributed by atoms with van der Waals surface area (Å²) >= 11 is 0. The molecule has 0 aliphatic rings. The lowest BCUT2D eigenvalue weighted by molar-refractivity contribution is 0.283. The first-order chi connectivity index (χ1) is 8.63. The van der Waals surface area contributed by atoms with Gasteiger partial charge < -0.3 is 10.4 Å². The van der Waals surface area contributed by atoms with Crippen molar-refractivity contribution in [3.63, 3.8) is 0 Å². The van der Waals surface area contributed by atoms with Gasteiger partial charge in [-0.25, -0.2) is 9.97 Å². The van der Waals surface area contributed by atoms with Crippen molar-refractivity contribution in [1.29, 1.82) is 0 Å². The zero-order valence-electron chi connectivity index (χ0n) is 11.7. The summed E-state index contributed by atoms with van der Waals surface area (Å²) in [6.07, 6.45) is 4.22. The molecular formula is C14H25N3O. The molecule has 0 radical (unpaired) electrons. The molecule has 0 unspecified atom stereocenters. The molecule has 2 N–H and O–H groups in total. The van der Waals surface area contributed by atoms with Gasteiger partial charge in [0.15, 0.2) is 0 Å². The smallest absolute Gasteiger partial charge is 0.223 e. The quantitative estimate of drug-likeness (QED) is 0.697. The number of rotatable bonds is 8. The van der Waals surface area contributed by atoms with E-state index in [1.165, 1.54) is 0 Å². The van der Waals surface area contributed by atoms with Crippen molar-refractivity contribution in [2.45, 2.75) is 52.4 Å². The van der Waals surface area contributed by atoms with E-state index in [0.29, 0.717) is 12.5 Å². The summed E-state index contributed by atoms with van der Waals surface area (Å²) in [5, 5.41) is 12.0. The lowest BCUT2D eigenvalue weighted by Gasteiger charge is -2.10. The van der Waals surface area contributed by atoms with Crippen LogP contribution in [0.1, 0.15) is 56.8 Å². The molecule has 0 saturated heterocycles. The van der Waals surface area contributed by atoms with Crippen LogP contribution in [-0.4, -0.2) is 28.2 Å². The van der Waals surface area contributed by atoms with Crippen molar-refractivity contribution in [3.05, 3.63) is 17.5 Å². The highest BCUT2D eigenvalue weighted by molar-refractivity contribution is 5.28. The molecule has 1 aromatic rings. The van der Waals surface area contributed by atoms with Gasteiger partial charge in [-0.15, -0.1) is 0 Å². The molecule has 0 spiro atoms. The van der Waals surface area contributed by atoms with E-state index in [1.807, 2.05) is 13.0 Å². The van der Waals surface area contributed by atoms with Crippen molar-refractivity contribution in [2.75, 3.05) is 18.5 Å². The minimum atomic E-state index is 0.298. The van der Waals surface area contributed by atoms with Gasteiger partial charge in [-0.3, -0.25) is 0 Å². The third-order valence-corrected chi connectivity index (χ3v) is 2.83. The molecule has 0 fully saturated rings.